The Kier molecular flexibility index (Phi) is 2.63. The summed E-state index contributed by atoms with van der Waals surface area (Å²) < 4.78 is 0. The van der Waals surface area contributed by atoms with Crippen molar-refractivity contribution in [1.82, 2.24) is 9.97 Å². The molecule has 3 nitrogen and oxygen atoms in total. The van der Waals surface area contributed by atoms with Crippen molar-refractivity contribution in [3.8, 4) is 0 Å². The molecule has 0 radical (unpaired) electrons. The van der Waals surface area contributed by atoms with Crippen LogP contribution in [-0.2, 0) is 11.2 Å². The molecule has 0 aliphatic heterocycles. The first-order valence-electron chi connectivity index (χ1n) is 4.13. The van der Waals surface area contributed by atoms with E-state index in [9.17, 15) is 4.79 Å². The van der Waals surface area contributed by atoms with Crippen LogP contribution in [0.1, 0.15) is 38.2 Å². The standard InChI is InChI=1S/C9H14N2O/c1-6(2)8-5-10-9(11-8)4-7(3)12/h5-6H,4H2,1-3H3,(H,10,11). The molecule has 0 bridgehead atoms. The lowest BCUT2D eigenvalue weighted by Gasteiger charge is -1.97. The zero-order valence-corrected chi connectivity index (χ0v) is 7.72. The quantitative estimate of drug-likeness (QED) is 0.742. The largest absolute Gasteiger partial charge is 0.345 e. The van der Waals surface area contributed by atoms with E-state index in [0.29, 0.717) is 12.3 Å². The second-order valence-electron chi connectivity index (χ2n) is 3.32. The topological polar surface area (TPSA) is 45.8 Å². The van der Waals surface area contributed by atoms with Gasteiger partial charge in [-0.2, -0.15) is 0 Å². The van der Waals surface area contributed by atoms with E-state index in [4.69, 9.17) is 0 Å². The fourth-order valence-corrected chi connectivity index (χ4v) is 0.998. The molecular weight excluding hydrogens is 152 g/mol. The molecule has 0 atom stereocenters. The fraction of sp³-hybridized carbons (Fsp3) is 0.556. The van der Waals surface area contributed by atoms with Gasteiger partial charge in [0.2, 0.25) is 0 Å². The van der Waals surface area contributed by atoms with Crippen LogP contribution in [0.2, 0.25) is 0 Å². The Labute approximate surface area is 72.2 Å². The number of nitrogens with one attached hydrogen (secondary N) is 1. The van der Waals surface area contributed by atoms with Crippen LogP contribution in [-0.4, -0.2) is 15.8 Å². The third kappa shape index (κ3) is 2.19. The Hall–Kier alpha value is -1.12. The first-order chi connectivity index (χ1) is 5.59. The number of hydrogen-bond donors (Lipinski definition) is 1. The van der Waals surface area contributed by atoms with Gasteiger partial charge >= 0.3 is 0 Å². The Morgan fingerprint density at radius 1 is 1.67 bits per heavy atom. The summed E-state index contributed by atoms with van der Waals surface area (Å²) in [5.74, 6) is 1.35. The van der Waals surface area contributed by atoms with Gasteiger partial charge in [-0.05, 0) is 12.8 Å². The van der Waals surface area contributed by atoms with Gasteiger partial charge in [0.15, 0.2) is 0 Å². The fourth-order valence-electron chi connectivity index (χ4n) is 0.998. The van der Waals surface area contributed by atoms with Gasteiger partial charge in [0.25, 0.3) is 0 Å². The van der Waals surface area contributed by atoms with Gasteiger partial charge in [-0.25, -0.2) is 4.98 Å². The number of aromatic nitrogens is 2. The smallest absolute Gasteiger partial charge is 0.137 e. The van der Waals surface area contributed by atoms with Crippen LogP contribution in [0, 0.1) is 0 Å². The molecule has 66 valence electrons. The second-order valence-corrected chi connectivity index (χ2v) is 3.32. The molecule has 1 heterocycles. The Balaban J connectivity index is 2.70. The summed E-state index contributed by atoms with van der Waals surface area (Å²) in [7, 11) is 0. The lowest BCUT2D eigenvalue weighted by molar-refractivity contribution is -0.116. The zero-order valence-electron chi connectivity index (χ0n) is 7.72. The summed E-state index contributed by atoms with van der Waals surface area (Å²) in [6.45, 7) is 5.74. The monoisotopic (exact) mass is 166 g/mol. The van der Waals surface area contributed by atoms with Gasteiger partial charge < -0.3 is 4.98 Å². The van der Waals surface area contributed by atoms with Gasteiger partial charge in [-0.15, -0.1) is 0 Å². The molecule has 12 heavy (non-hydrogen) atoms. The van der Waals surface area contributed by atoms with Gasteiger partial charge in [0, 0.05) is 11.9 Å². The Morgan fingerprint density at radius 2 is 2.33 bits per heavy atom. The summed E-state index contributed by atoms with van der Waals surface area (Å²) >= 11 is 0. The summed E-state index contributed by atoms with van der Waals surface area (Å²) in [6.07, 6.45) is 2.20. The molecule has 0 amide bonds. The first kappa shape index (κ1) is 8.97. The molecule has 0 unspecified atom stereocenters. The molecule has 1 N–H and O–H groups in total. The van der Waals surface area contributed by atoms with Gasteiger partial charge in [0.05, 0.1) is 6.42 Å². The lowest BCUT2D eigenvalue weighted by Crippen LogP contribution is -1.98. The number of Topliss-reactive ketones (excluding diaryl/α,β-unsaturated/α-hetero) is 1. The summed E-state index contributed by atoms with van der Waals surface area (Å²) in [4.78, 5) is 17.9. The van der Waals surface area contributed by atoms with Crippen molar-refractivity contribution in [3.63, 3.8) is 0 Å². The number of rotatable bonds is 3. The van der Waals surface area contributed by atoms with E-state index in [1.54, 1.807) is 13.1 Å². The molecule has 0 saturated carbocycles. The molecular formula is C9H14N2O. The van der Waals surface area contributed by atoms with E-state index in [1.807, 2.05) is 0 Å². The highest BCUT2D eigenvalue weighted by Crippen LogP contribution is 2.10. The Morgan fingerprint density at radius 3 is 2.75 bits per heavy atom. The van der Waals surface area contributed by atoms with E-state index in [-0.39, 0.29) is 5.78 Å². The van der Waals surface area contributed by atoms with Gasteiger partial charge in [-0.3, -0.25) is 4.79 Å². The first-order valence-corrected chi connectivity index (χ1v) is 4.13. The van der Waals surface area contributed by atoms with Crippen LogP contribution in [0.15, 0.2) is 6.20 Å². The molecule has 1 rings (SSSR count). The van der Waals surface area contributed by atoms with Crippen molar-refractivity contribution in [1.29, 1.82) is 0 Å². The van der Waals surface area contributed by atoms with E-state index in [2.05, 4.69) is 23.8 Å². The minimum Gasteiger partial charge on any atom is -0.345 e. The minimum absolute atomic E-state index is 0.139. The summed E-state index contributed by atoms with van der Waals surface area (Å²) in [5, 5.41) is 0. The normalized spacial score (nSPS) is 10.7. The van der Waals surface area contributed by atoms with Crippen molar-refractivity contribution < 1.29 is 4.79 Å². The van der Waals surface area contributed by atoms with E-state index in [0.717, 1.165) is 11.5 Å². The Bertz CT molecular complexity index is 276. The molecule has 0 spiro atoms. The molecule has 0 aliphatic rings. The number of aromatic amines is 1. The highest BCUT2D eigenvalue weighted by atomic mass is 16.1. The van der Waals surface area contributed by atoms with Crippen molar-refractivity contribution in [2.75, 3.05) is 0 Å². The number of ketones is 1. The van der Waals surface area contributed by atoms with Crippen LogP contribution in [0.25, 0.3) is 0 Å². The van der Waals surface area contributed by atoms with Crippen molar-refractivity contribution >= 4 is 5.78 Å². The molecule has 1 aromatic heterocycles. The number of carbonyl (C=O) groups excluding carboxylic acids is 1. The summed E-state index contributed by atoms with van der Waals surface area (Å²) in [5.41, 5.74) is 1.09. The van der Waals surface area contributed by atoms with Crippen LogP contribution in [0.5, 0.6) is 0 Å². The third-order valence-electron chi connectivity index (χ3n) is 1.69. The summed E-state index contributed by atoms with van der Waals surface area (Å²) in [6, 6.07) is 0. The lowest BCUT2D eigenvalue weighted by atomic mass is 10.2. The van der Waals surface area contributed by atoms with Crippen LogP contribution in [0.4, 0.5) is 0 Å². The van der Waals surface area contributed by atoms with E-state index >= 15 is 0 Å². The maximum Gasteiger partial charge on any atom is 0.137 e. The van der Waals surface area contributed by atoms with Crippen molar-refractivity contribution in [3.05, 3.63) is 17.7 Å². The predicted octanol–water partition coefficient (Wildman–Crippen LogP) is 1.66. The maximum atomic E-state index is 10.7. The number of H-pyrrole nitrogens is 1. The average Bonchev–Trinajstić information content (AvgIpc) is 2.34. The average molecular weight is 166 g/mol. The number of nitrogens with zero attached hydrogens (tertiary/aromatic N) is 1. The van der Waals surface area contributed by atoms with Crippen molar-refractivity contribution in [2.45, 2.75) is 33.1 Å². The third-order valence-corrected chi connectivity index (χ3v) is 1.69. The minimum atomic E-state index is 0.139. The zero-order chi connectivity index (χ0) is 9.14. The van der Waals surface area contributed by atoms with Crippen LogP contribution in [0.3, 0.4) is 0 Å². The molecule has 0 saturated heterocycles. The van der Waals surface area contributed by atoms with Gasteiger partial charge in [0.1, 0.15) is 11.6 Å². The second kappa shape index (κ2) is 3.52. The van der Waals surface area contributed by atoms with Crippen molar-refractivity contribution in [2.24, 2.45) is 0 Å². The van der Waals surface area contributed by atoms with E-state index in [1.165, 1.54) is 0 Å². The predicted molar refractivity (Wildman–Crippen MR) is 47.1 cm³/mol. The molecule has 3 heteroatoms. The molecule has 0 aromatic carbocycles. The number of carbonyl (C=O) groups is 1. The number of imidazole rings is 1. The number of hydrogen-bond acceptors (Lipinski definition) is 2. The maximum absolute atomic E-state index is 10.7. The van der Waals surface area contributed by atoms with E-state index < -0.39 is 0 Å². The van der Waals surface area contributed by atoms with Gasteiger partial charge in [-0.1, -0.05) is 13.8 Å². The molecule has 0 fully saturated rings. The molecule has 0 aliphatic carbocycles. The highest BCUT2D eigenvalue weighted by molar-refractivity contribution is 5.77. The highest BCUT2D eigenvalue weighted by Gasteiger charge is 2.05. The molecule has 1 aromatic rings. The SMILES string of the molecule is CC(=O)Cc1ncc(C(C)C)[nH]1. The van der Waals surface area contributed by atoms with Crippen LogP contribution < -0.4 is 0 Å². The van der Waals surface area contributed by atoms with Crippen LogP contribution >= 0.6 is 0 Å².